The maximum Gasteiger partial charge on any atom is 0.244 e. The summed E-state index contributed by atoms with van der Waals surface area (Å²) in [4.78, 5) is 27.8. The van der Waals surface area contributed by atoms with Crippen molar-refractivity contribution in [3.63, 3.8) is 0 Å². The van der Waals surface area contributed by atoms with Crippen LogP contribution in [-0.2, 0) is 19.6 Å². The van der Waals surface area contributed by atoms with Gasteiger partial charge < -0.3 is 19.7 Å². The van der Waals surface area contributed by atoms with E-state index >= 15 is 0 Å². The van der Waals surface area contributed by atoms with Crippen molar-refractivity contribution in [2.45, 2.75) is 22.6 Å². The smallest absolute Gasteiger partial charge is 0.244 e. The number of nitrogens with one attached hydrogen (secondary N) is 1. The number of methoxy groups -OCH3 is 2. The summed E-state index contributed by atoms with van der Waals surface area (Å²) in [5.41, 5.74) is 0.829. The first-order valence-corrected chi connectivity index (χ1v) is 12.9. The molecule has 0 aliphatic carbocycles. The van der Waals surface area contributed by atoms with Gasteiger partial charge in [-0.3, -0.25) is 9.59 Å². The van der Waals surface area contributed by atoms with Gasteiger partial charge in [0.2, 0.25) is 21.8 Å². The minimum atomic E-state index is -3.65. The van der Waals surface area contributed by atoms with Gasteiger partial charge in [0, 0.05) is 24.1 Å². The standard InChI is InChI=1S/C22H25N3O6S2/c1-30-15-5-7-19(31-2)17(11-15)23-21(26)13-25-18-12-16(6-8-20(18)32-14-22(25)27)33(28,29)24-9-3-4-10-24/h5-8,11-12H,3-4,9-10,13-14H2,1-2H3,(H,23,26). The predicted octanol–water partition coefficient (Wildman–Crippen LogP) is 2.57. The molecule has 33 heavy (non-hydrogen) atoms. The normalized spacial score (nSPS) is 16.4. The fourth-order valence-electron chi connectivity index (χ4n) is 3.84. The van der Waals surface area contributed by atoms with Crippen molar-refractivity contribution in [3.8, 4) is 11.5 Å². The van der Waals surface area contributed by atoms with E-state index in [1.54, 1.807) is 30.3 Å². The number of sulfonamides is 1. The molecule has 0 aromatic heterocycles. The molecule has 2 amide bonds. The van der Waals surface area contributed by atoms with Gasteiger partial charge in [-0.05, 0) is 43.2 Å². The number of carbonyl (C=O) groups is 2. The minimum Gasteiger partial charge on any atom is -0.497 e. The highest BCUT2D eigenvalue weighted by molar-refractivity contribution is 8.00. The van der Waals surface area contributed by atoms with E-state index in [2.05, 4.69) is 5.32 Å². The van der Waals surface area contributed by atoms with Gasteiger partial charge in [-0.25, -0.2) is 8.42 Å². The third-order valence-electron chi connectivity index (χ3n) is 5.56. The first-order chi connectivity index (χ1) is 15.8. The molecule has 2 aliphatic rings. The molecule has 2 heterocycles. The van der Waals surface area contributed by atoms with Crippen molar-refractivity contribution in [1.82, 2.24) is 4.31 Å². The van der Waals surface area contributed by atoms with Crippen LogP contribution in [0.5, 0.6) is 11.5 Å². The van der Waals surface area contributed by atoms with Gasteiger partial charge in [0.1, 0.15) is 18.0 Å². The number of nitrogens with zero attached hydrogens (tertiary/aromatic N) is 2. The molecule has 1 N–H and O–H groups in total. The number of rotatable bonds is 7. The zero-order valence-corrected chi connectivity index (χ0v) is 20.0. The molecule has 2 aliphatic heterocycles. The second-order valence-electron chi connectivity index (χ2n) is 7.62. The average molecular weight is 492 g/mol. The Hall–Kier alpha value is -2.76. The number of fused-ring (bicyclic) bond motifs is 1. The highest BCUT2D eigenvalue weighted by atomic mass is 32.2. The number of anilines is 2. The number of amides is 2. The van der Waals surface area contributed by atoms with Crippen LogP contribution >= 0.6 is 11.8 Å². The fourth-order valence-corrected chi connectivity index (χ4v) is 6.29. The predicted molar refractivity (Wildman–Crippen MR) is 126 cm³/mol. The zero-order chi connectivity index (χ0) is 23.6. The molecule has 4 rings (SSSR count). The monoisotopic (exact) mass is 491 g/mol. The molecule has 0 saturated carbocycles. The molecule has 2 aromatic rings. The molecule has 0 unspecified atom stereocenters. The summed E-state index contributed by atoms with van der Waals surface area (Å²) in [5.74, 6) is 0.445. The molecule has 1 fully saturated rings. The molecule has 0 spiro atoms. The van der Waals surface area contributed by atoms with Gasteiger partial charge in [-0.2, -0.15) is 4.31 Å². The number of ether oxygens (including phenoxy) is 2. The highest BCUT2D eigenvalue weighted by Crippen LogP contribution is 2.38. The number of hydrogen-bond acceptors (Lipinski definition) is 7. The molecule has 0 bridgehead atoms. The summed E-state index contributed by atoms with van der Waals surface area (Å²) in [6.07, 6.45) is 1.66. The molecule has 176 valence electrons. The van der Waals surface area contributed by atoms with Crippen molar-refractivity contribution in [2.24, 2.45) is 0 Å². The van der Waals surface area contributed by atoms with Crippen LogP contribution in [0, 0.1) is 0 Å². The van der Waals surface area contributed by atoms with Crippen LogP contribution in [0.25, 0.3) is 0 Å². The third-order valence-corrected chi connectivity index (χ3v) is 8.50. The lowest BCUT2D eigenvalue weighted by Gasteiger charge is -2.29. The highest BCUT2D eigenvalue weighted by Gasteiger charge is 2.31. The van der Waals surface area contributed by atoms with Crippen LogP contribution in [0.15, 0.2) is 46.2 Å². The van der Waals surface area contributed by atoms with Crippen molar-refractivity contribution in [2.75, 3.05) is 49.8 Å². The van der Waals surface area contributed by atoms with Gasteiger partial charge in [-0.15, -0.1) is 11.8 Å². The van der Waals surface area contributed by atoms with Gasteiger partial charge in [0.15, 0.2) is 0 Å². The summed E-state index contributed by atoms with van der Waals surface area (Å²) >= 11 is 1.33. The van der Waals surface area contributed by atoms with E-state index in [0.717, 1.165) is 17.7 Å². The van der Waals surface area contributed by atoms with E-state index in [1.165, 1.54) is 41.3 Å². The molecular weight excluding hydrogens is 466 g/mol. The quantitative estimate of drug-likeness (QED) is 0.635. The number of carbonyl (C=O) groups excluding carboxylic acids is 2. The third kappa shape index (κ3) is 4.80. The van der Waals surface area contributed by atoms with E-state index in [1.807, 2.05) is 0 Å². The van der Waals surface area contributed by atoms with Crippen LogP contribution in [0.2, 0.25) is 0 Å². The minimum absolute atomic E-state index is 0.123. The van der Waals surface area contributed by atoms with E-state index in [0.29, 0.717) is 36.0 Å². The van der Waals surface area contributed by atoms with Crippen molar-refractivity contribution in [1.29, 1.82) is 0 Å². The van der Waals surface area contributed by atoms with E-state index < -0.39 is 15.9 Å². The van der Waals surface area contributed by atoms with Crippen LogP contribution in [0.4, 0.5) is 11.4 Å². The van der Waals surface area contributed by atoms with Gasteiger partial charge in [0.05, 0.1) is 36.2 Å². The Labute approximate surface area is 197 Å². The van der Waals surface area contributed by atoms with Crippen molar-refractivity contribution < 1.29 is 27.5 Å². The van der Waals surface area contributed by atoms with Crippen molar-refractivity contribution in [3.05, 3.63) is 36.4 Å². The largest absolute Gasteiger partial charge is 0.497 e. The van der Waals surface area contributed by atoms with Crippen LogP contribution < -0.4 is 19.7 Å². The van der Waals surface area contributed by atoms with Gasteiger partial charge >= 0.3 is 0 Å². The molecule has 2 aromatic carbocycles. The molecule has 9 nitrogen and oxygen atoms in total. The van der Waals surface area contributed by atoms with Crippen LogP contribution in [-0.4, -0.2) is 64.1 Å². The summed E-state index contributed by atoms with van der Waals surface area (Å²) < 4.78 is 38.0. The Bertz CT molecular complexity index is 1180. The SMILES string of the molecule is COc1ccc(OC)c(NC(=O)CN2C(=O)CSc3ccc(S(=O)(=O)N4CCCC4)cc32)c1. The lowest BCUT2D eigenvalue weighted by molar-refractivity contribution is -0.120. The Balaban J connectivity index is 1.59. The number of benzene rings is 2. The van der Waals surface area contributed by atoms with Gasteiger partial charge in [-0.1, -0.05) is 0 Å². The molecule has 11 heteroatoms. The summed E-state index contributed by atoms with van der Waals surface area (Å²) in [7, 11) is -0.648. The maximum absolute atomic E-state index is 13.0. The van der Waals surface area contributed by atoms with E-state index in [-0.39, 0.29) is 23.1 Å². The number of hydrogen-bond donors (Lipinski definition) is 1. The topological polar surface area (TPSA) is 105 Å². The van der Waals surface area contributed by atoms with E-state index in [9.17, 15) is 18.0 Å². The molecule has 1 saturated heterocycles. The van der Waals surface area contributed by atoms with Gasteiger partial charge in [0.25, 0.3) is 0 Å². The summed E-state index contributed by atoms with van der Waals surface area (Å²) in [6, 6.07) is 9.76. The first kappa shape index (κ1) is 23.4. The summed E-state index contributed by atoms with van der Waals surface area (Å²) in [5, 5.41) is 2.75. The lowest BCUT2D eigenvalue weighted by atomic mass is 10.2. The Morgan fingerprint density at radius 1 is 1.09 bits per heavy atom. The first-order valence-electron chi connectivity index (χ1n) is 10.4. The zero-order valence-electron chi connectivity index (χ0n) is 18.4. The molecule has 0 radical (unpaired) electrons. The maximum atomic E-state index is 13.0. The molecule has 0 atom stereocenters. The number of thioether (sulfide) groups is 1. The van der Waals surface area contributed by atoms with Crippen LogP contribution in [0.1, 0.15) is 12.8 Å². The second-order valence-corrected chi connectivity index (χ2v) is 10.6. The van der Waals surface area contributed by atoms with E-state index in [4.69, 9.17) is 9.47 Å². The fraction of sp³-hybridized carbons (Fsp3) is 0.364. The second kappa shape index (κ2) is 9.62. The lowest BCUT2D eigenvalue weighted by Crippen LogP contribution is -2.41. The average Bonchev–Trinajstić information content (AvgIpc) is 3.36. The summed E-state index contributed by atoms with van der Waals surface area (Å²) in [6.45, 7) is 0.711. The Morgan fingerprint density at radius 2 is 1.85 bits per heavy atom. The Morgan fingerprint density at radius 3 is 2.55 bits per heavy atom. The molecular formula is C22H25N3O6S2. The Kier molecular flexibility index (Phi) is 6.82. The van der Waals surface area contributed by atoms with Crippen LogP contribution in [0.3, 0.4) is 0 Å². The van der Waals surface area contributed by atoms with Crippen molar-refractivity contribution >= 4 is 45.0 Å².